The van der Waals surface area contributed by atoms with Crippen molar-refractivity contribution in [2.24, 2.45) is 0 Å². The van der Waals surface area contributed by atoms with E-state index < -0.39 is 29.3 Å². The van der Waals surface area contributed by atoms with Crippen LogP contribution in [0.3, 0.4) is 0 Å². The van der Waals surface area contributed by atoms with Crippen molar-refractivity contribution in [2.75, 3.05) is 11.7 Å². The third-order valence-corrected chi connectivity index (χ3v) is 6.69. The third kappa shape index (κ3) is 3.06. The Morgan fingerprint density at radius 3 is 2.76 bits per heavy atom. The van der Waals surface area contributed by atoms with Crippen molar-refractivity contribution in [3.63, 3.8) is 0 Å². The molecule has 0 bridgehead atoms. The summed E-state index contributed by atoms with van der Waals surface area (Å²) in [6.45, 7) is 1.74. The number of hydrogen-bond donors (Lipinski definition) is 1. The zero-order chi connectivity index (χ0) is 23.6. The number of fused-ring (bicyclic) bond motifs is 2. The summed E-state index contributed by atoms with van der Waals surface area (Å²) in [5.41, 5.74) is 0.835. The fourth-order valence-electron chi connectivity index (χ4n) is 4.11. The van der Waals surface area contributed by atoms with E-state index in [1.165, 1.54) is 29.2 Å². The molecule has 34 heavy (non-hydrogen) atoms. The summed E-state index contributed by atoms with van der Waals surface area (Å²) in [5.74, 6) is -1.09. The molecule has 2 aromatic carbocycles. The summed E-state index contributed by atoms with van der Waals surface area (Å²) in [4.78, 5) is 32.4. The molecule has 0 saturated carbocycles. The number of aliphatic hydroxyl groups is 1. The van der Waals surface area contributed by atoms with Gasteiger partial charge in [-0.15, -0.1) is 0 Å². The average Bonchev–Trinajstić information content (AvgIpc) is 3.59. The van der Waals surface area contributed by atoms with Crippen LogP contribution in [0.5, 0.6) is 11.5 Å². The molecule has 2 aromatic heterocycles. The van der Waals surface area contributed by atoms with Crippen LogP contribution in [-0.4, -0.2) is 28.6 Å². The number of carbonyl (C=O) groups excluding carboxylic acids is 2. The number of benzene rings is 2. The van der Waals surface area contributed by atoms with E-state index in [1.807, 2.05) is 0 Å². The van der Waals surface area contributed by atoms with Crippen LogP contribution in [-0.2, 0) is 4.79 Å². The SMILES string of the molecule is Cc1ccc(C(=O)C2=C(O)C(=O)N(c3nc4ccc(F)cc4s3)C2c2ccc3c(c2)OCO3)o1. The standard InChI is InChI=1S/C24H15FN2O6S/c1-11-2-6-16(33-11)21(28)19-20(12-3-7-15-17(8-12)32-10-31-15)27(23(30)22(19)29)24-26-14-5-4-13(25)9-18(14)34-24/h2-9,20,29H,10H2,1H3. The number of amides is 1. The van der Waals surface area contributed by atoms with Crippen LogP contribution >= 0.6 is 11.3 Å². The molecule has 1 unspecified atom stereocenters. The Kier molecular flexibility index (Phi) is 4.46. The first-order valence-electron chi connectivity index (χ1n) is 10.2. The fourth-order valence-corrected chi connectivity index (χ4v) is 5.13. The molecule has 0 aliphatic carbocycles. The Labute approximate surface area is 195 Å². The number of ether oxygens (including phenoxy) is 2. The van der Waals surface area contributed by atoms with E-state index in [2.05, 4.69) is 4.98 Å². The van der Waals surface area contributed by atoms with Crippen LogP contribution in [0, 0.1) is 12.7 Å². The molecular weight excluding hydrogens is 463 g/mol. The number of furan rings is 1. The van der Waals surface area contributed by atoms with E-state index in [-0.39, 0.29) is 23.3 Å². The van der Waals surface area contributed by atoms with Crippen molar-refractivity contribution >= 4 is 38.4 Å². The van der Waals surface area contributed by atoms with Gasteiger partial charge in [-0.05, 0) is 55.0 Å². The average molecular weight is 478 g/mol. The highest BCUT2D eigenvalue weighted by molar-refractivity contribution is 7.22. The molecule has 1 amide bonds. The van der Waals surface area contributed by atoms with Crippen LogP contribution in [0.4, 0.5) is 9.52 Å². The van der Waals surface area contributed by atoms with Gasteiger partial charge in [-0.25, -0.2) is 9.37 Å². The molecule has 2 aliphatic heterocycles. The van der Waals surface area contributed by atoms with Crippen molar-refractivity contribution in [2.45, 2.75) is 13.0 Å². The highest BCUT2D eigenvalue weighted by atomic mass is 32.1. The quantitative estimate of drug-likeness (QED) is 0.419. The van der Waals surface area contributed by atoms with Crippen molar-refractivity contribution in [1.29, 1.82) is 0 Å². The molecule has 1 atom stereocenters. The highest BCUT2D eigenvalue weighted by Gasteiger charge is 2.47. The van der Waals surface area contributed by atoms with Gasteiger partial charge in [0.15, 0.2) is 28.1 Å². The maximum atomic E-state index is 13.8. The third-order valence-electron chi connectivity index (χ3n) is 5.67. The van der Waals surface area contributed by atoms with Crippen LogP contribution in [0.15, 0.2) is 64.3 Å². The van der Waals surface area contributed by atoms with E-state index in [0.29, 0.717) is 33.0 Å². The Morgan fingerprint density at radius 2 is 1.97 bits per heavy atom. The minimum absolute atomic E-state index is 0.00851. The van der Waals surface area contributed by atoms with Crippen LogP contribution in [0.1, 0.15) is 27.9 Å². The van der Waals surface area contributed by atoms with E-state index >= 15 is 0 Å². The number of aliphatic hydroxyl groups excluding tert-OH is 1. The van der Waals surface area contributed by atoms with E-state index in [1.54, 1.807) is 31.2 Å². The van der Waals surface area contributed by atoms with Gasteiger partial charge in [0, 0.05) is 0 Å². The first-order chi connectivity index (χ1) is 16.4. The van der Waals surface area contributed by atoms with Crippen LogP contribution in [0.2, 0.25) is 0 Å². The molecule has 0 saturated heterocycles. The van der Waals surface area contributed by atoms with Gasteiger partial charge in [0.05, 0.1) is 21.8 Å². The molecule has 6 rings (SSSR count). The summed E-state index contributed by atoms with van der Waals surface area (Å²) in [7, 11) is 0. The molecule has 8 nitrogen and oxygen atoms in total. The number of ketones is 1. The molecule has 10 heteroatoms. The molecule has 2 aliphatic rings. The lowest BCUT2D eigenvalue weighted by Crippen LogP contribution is -2.30. The Hall–Kier alpha value is -4.18. The number of aromatic nitrogens is 1. The number of carbonyl (C=O) groups is 2. The van der Waals surface area contributed by atoms with Gasteiger partial charge in [-0.2, -0.15) is 0 Å². The van der Waals surface area contributed by atoms with E-state index in [4.69, 9.17) is 13.9 Å². The number of aryl methyl sites for hydroxylation is 1. The lowest BCUT2D eigenvalue weighted by atomic mass is 9.95. The lowest BCUT2D eigenvalue weighted by molar-refractivity contribution is -0.117. The smallest absolute Gasteiger partial charge is 0.296 e. The first kappa shape index (κ1) is 20.4. The monoisotopic (exact) mass is 478 g/mol. The van der Waals surface area contributed by atoms with Gasteiger partial charge in [-0.3, -0.25) is 14.5 Å². The topological polar surface area (TPSA) is 102 Å². The van der Waals surface area contributed by atoms with Gasteiger partial charge < -0.3 is 19.0 Å². The van der Waals surface area contributed by atoms with E-state index in [0.717, 1.165) is 11.3 Å². The molecule has 1 N–H and O–H groups in total. The van der Waals surface area contributed by atoms with Gasteiger partial charge in [0.25, 0.3) is 5.91 Å². The lowest BCUT2D eigenvalue weighted by Gasteiger charge is -2.24. The zero-order valence-electron chi connectivity index (χ0n) is 17.6. The maximum Gasteiger partial charge on any atom is 0.296 e. The molecule has 0 spiro atoms. The minimum atomic E-state index is -1.02. The van der Waals surface area contributed by atoms with Crippen molar-refractivity contribution in [3.8, 4) is 11.5 Å². The van der Waals surface area contributed by atoms with Crippen LogP contribution < -0.4 is 14.4 Å². The van der Waals surface area contributed by atoms with Gasteiger partial charge in [-0.1, -0.05) is 17.4 Å². The van der Waals surface area contributed by atoms with Gasteiger partial charge >= 0.3 is 0 Å². The van der Waals surface area contributed by atoms with Crippen molar-refractivity contribution in [1.82, 2.24) is 4.98 Å². The molecule has 0 radical (unpaired) electrons. The second kappa shape index (κ2) is 7.42. The van der Waals surface area contributed by atoms with Gasteiger partial charge in [0.1, 0.15) is 11.6 Å². The Balaban J connectivity index is 1.53. The summed E-state index contributed by atoms with van der Waals surface area (Å²) in [5, 5.41) is 11.1. The molecule has 4 heterocycles. The number of halogens is 1. The van der Waals surface area contributed by atoms with Crippen molar-refractivity contribution < 1.29 is 33.0 Å². The second-order valence-corrected chi connectivity index (χ2v) is 8.81. The maximum absolute atomic E-state index is 13.8. The summed E-state index contributed by atoms with van der Waals surface area (Å²) in [6.07, 6.45) is 0. The number of nitrogens with zero attached hydrogens (tertiary/aromatic N) is 2. The number of rotatable bonds is 4. The largest absolute Gasteiger partial charge is 0.503 e. The number of thiazole rings is 1. The fraction of sp³-hybridized carbons (Fsp3) is 0.125. The normalized spacial score (nSPS) is 17.3. The van der Waals surface area contributed by atoms with E-state index in [9.17, 15) is 19.1 Å². The zero-order valence-corrected chi connectivity index (χ0v) is 18.4. The second-order valence-electron chi connectivity index (χ2n) is 7.80. The summed E-state index contributed by atoms with van der Waals surface area (Å²) >= 11 is 1.08. The first-order valence-corrected chi connectivity index (χ1v) is 11.1. The molecule has 170 valence electrons. The van der Waals surface area contributed by atoms with Crippen molar-refractivity contribution in [3.05, 3.63) is 82.8 Å². The Morgan fingerprint density at radius 1 is 1.15 bits per heavy atom. The van der Waals surface area contributed by atoms with Gasteiger partial charge in [0.2, 0.25) is 12.6 Å². The minimum Gasteiger partial charge on any atom is -0.503 e. The Bertz CT molecular complexity index is 1540. The predicted molar refractivity (Wildman–Crippen MR) is 120 cm³/mol. The predicted octanol–water partition coefficient (Wildman–Crippen LogP) is 4.85. The number of Topliss-reactive ketones (excluding diaryl/α,β-unsaturated/α-hetero) is 1. The molecular formula is C24H15FN2O6S. The molecule has 4 aromatic rings. The van der Waals surface area contributed by atoms with Crippen LogP contribution in [0.25, 0.3) is 10.2 Å². The molecule has 0 fully saturated rings. The summed E-state index contributed by atoms with van der Waals surface area (Å²) < 4.78 is 30.6. The number of hydrogen-bond acceptors (Lipinski definition) is 8. The number of anilines is 1. The summed E-state index contributed by atoms with van der Waals surface area (Å²) in [6, 6.07) is 11.2. The highest BCUT2D eigenvalue weighted by Crippen LogP contribution is 2.46.